The molecule has 13 heteroatoms. The Bertz CT molecular complexity index is 1510. The van der Waals surface area contributed by atoms with E-state index in [0.29, 0.717) is 19.7 Å². The number of aromatic carboxylic acids is 1. The van der Waals surface area contributed by atoms with E-state index >= 15 is 0 Å². The van der Waals surface area contributed by atoms with E-state index < -0.39 is 17.6 Å². The number of aromatic amines is 1. The zero-order valence-electron chi connectivity index (χ0n) is 24.0. The molecule has 0 amide bonds. The molecule has 0 fully saturated rings. The van der Waals surface area contributed by atoms with Gasteiger partial charge in [-0.05, 0) is 61.9 Å². The number of ether oxygens (including phenoxy) is 2. The molecule has 2 aromatic heterocycles. The van der Waals surface area contributed by atoms with Crippen LogP contribution in [0.1, 0.15) is 54.6 Å². The molecule has 0 radical (unpaired) electrons. The number of benzene rings is 2. The molecular formula is C30H37F2N5O5S. The molecule has 0 spiro atoms. The number of halogens is 2. The van der Waals surface area contributed by atoms with Crippen LogP contribution in [0.3, 0.4) is 0 Å². The molecule has 4 aromatic rings. The average Bonchev–Trinajstić information content (AvgIpc) is 3.33. The molecule has 0 aliphatic rings. The van der Waals surface area contributed by atoms with E-state index in [1.165, 1.54) is 24.8 Å². The first-order valence-electron chi connectivity index (χ1n) is 14.1. The monoisotopic (exact) mass is 617 g/mol. The predicted octanol–water partition coefficient (Wildman–Crippen LogP) is 4.98. The maximum Gasteiger partial charge on any atom is 0.335 e. The molecule has 4 rings (SSSR count). The number of thiol groups is 1. The van der Waals surface area contributed by atoms with Gasteiger partial charge in [-0.2, -0.15) is 12.6 Å². The van der Waals surface area contributed by atoms with Gasteiger partial charge in [0.05, 0.1) is 29.7 Å². The van der Waals surface area contributed by atoms with Crippen LogP contribution in [0.4, 0.5) is 8.78 Å². The molecule has 0 bridgehead atoms. The first-order valence-corrected chi connectivity index (χ1v) is 14.7. The third-order valence-corrected chi connectivity index (χ3v) is 6.48. The second kappa shape index (κ2) is 18.0. The third-order valence-electron chi connectivity index (χ3n) is 6.16. The number of H-pyrrole nitrogens is 1. The Morgan fingerprint density at radius 3 is 2.67 bits per heavy atom. The lowest BCUT2D eigenvalue weighted by Gasteiger charge is -2.11. The Kier molecular flexibility index (Phi) is 14.1. The van der Waals surface area contributed by atoms with Gasteiger partial charge in [0, 0.05) is 31.5 Å². The van der Waals surface area contributed by atoms with Gasteiger partial charge in [-0.25, -0.2) is 23.5 Å². The Balaban J connectivity index is 0.000000257. The summed E-state index contributed by atoms with van der Waals surface area (Å²) in [6.07, 6.45) is 5.71. The van der Waals surface area contributed by atoms with Crippen molar-refractivity contribution in [2.45, 2.75) is 52.3 Å². The lowest BCUT2D eigenvalue weighted by Crippen LogP contribution is -2.19. The maximum absolute atomic E-state index is 13.2. The van der Waals surface area contributed by atoms with Gasteiger partial charge in [0.25, 0.3) is 5.56 Å². The second-order valence-electron chi connectivity index (χ2n) is 9.51. The number of carboxylic acids is 1. The summed E-state index contributed by atoms with van der Waals surface area (Å²) in [6, 6.07) is 9.30. The van der Waals surface area contributed by atoms with E-state index in [2.05, 4.69) is 44.4 Å². The van der Waals surface area contributed by atoms with E-state index in [1.807, 2.05) is 0 Å². The van der Waals surface area contributed by atoms with E-state index in [4.69, 9.17) is 9.47 Å². The number of hydrogen-bond acceptors (Lipinski definition) is 8. The van der Waals surface area contributed by atoms with Crippen molar-refractivity contribution in [3.05, 3.63) is 87.9 Å². The summed E-state index contributed by atoms with van der Waals surface area (Å²) in [5, 5.41) is 12.7. The molecule has 0 aliphatic heterocycles. The highest BCUT2D eigenvalue weighted by atomic mass is 32.1. The van der Waals surface area contributed by atoms with Crippen LogP contribution in [0.2, 0.25) is 0 Å². The molecule has 2 aromatic carbocycles. The molecular weight excluding hydrogens is 580 g/mol. The standard InChI is InChI=1S/C19H29N3O3S.C11H8F2N2O2/c1-2-10-25-11-9-22-17-13-15(19(23)24)6-7-16(17)21-18(22)14-20-8-4-3-5-12-26;12-7-1-2-9(8(13)5-7)17-6-10-14-4-3-11(16)15-10/h6-7,13,20,26H,2-5,8-12,14H2,1H3,(H,23,24);1-5H,6H2,(H,14,15,16). The average molecular weight is 618 g/mol. The summed E-state index contributed by atoms with van der Waals surface area (Å²) in [5.74, 6) is -0.398. The van der Waals surface area contributed by atoms with Crippen molar-refractivity contribution >= 4 is 29.6 Å². The summed E-state index contributed by atoms with van der Waals surface area (Å²) < 4.78 is 38.5. The van der Waals surface area contributed by atoms with Crippen LogP contribution in [0.5, 0.6) is 5.75 Å². The summed E-state index contributed by atoms with van der Waals surface area (Å²) in [6.45, 7) is 5.55. The number of fused-ring (bicyclic) bond motifs is 1. The van der Waals surface area contributed by atoms with Crippen LogP contribution in [-0.4, -0.2) is 56.1 Å². The lowest BCUT2D eigenvalue weighted by atomic mass is 10.2. The highest BCUT2D eigenvalue weighted by Crippen LogP contribution is 2.19. The number of unbranched alkanes of at least 4 members (excludes halogenated alkanes) is 2. The van der Waals surface area contributed by atoms with Gasteiger partial charge in [0.15, 0.2) is 11.6 Å². The van der Waals surface area contributed by atoms with Gasteiger partial charge < -0.3 is 29.4 Å². The van der Waals surface area contributed by atoms with E-state index in [9.17, 15) is 23.5 Å². The van der Waals surface area contributed by atoms with E-state index in [0.717, 1.165) is 67.2 Å². The molecule has 0 saturated carbocycles. The topological polar surface area (TPSA) is 131 Å². The minimum atomic E-state index is -0.925. The summed E-state index contributed by atoms with van der Waals surface area (Å²) in [4.78, 5) is 33.2. The van der Waals surface area contributed by atoms with Crippen molar-refractivity contribution in [3.8, 4) is 5.75 Å². The summed E-state index contributed by atoms with van der Waals surface area (Å²) in [7, 11) is 0. The van der Waals surface area contributed by atoms with Crippen molar-refractivity contribution in [2.75, 3.05) is 25.5 Å². The molecule has 2 heterocycles. The SMILES string of the molecule is CCCOCCn1c(CNCCCCCS)nc2ccc(C(=O)O)cc21.O=c1ccnc(COc2ccc(F)cc2F)[nH]1. The summed E-state index contributed by atoms with van der Waals surface area (Å²) in [5.41, 5.74) is 1.62. The minimum absolute atomic E-state index is 0.0986. The van der Waals surface area contributed by atoms with Crippen molar-refractivity contribution in [2.24, 2.45) is 0 Å². The number of rotatable bonds is 16. The molecule has 3 N–H and O–H groups in total. The van der Waals surface area contributed by atoms with Gasteiger partial charge in [0.1, 0.15) is 24.1 Å². The first-order chi connectivity index (χ1) is 20.8. The predicted molar refractivity (Wildman–Crippen MR) is 163 cm³/mol. The fourth-order valence-corrected chi connectivity index (χ4v) is 4.28. The van der Waals surface area contributed by atoms with Crippen LogP contribution in [-0.2, 0) is 24.4 Å². The zero-order valence-corrected chi connectivity index (χ0v) is 24.9. The van der Waals surface area contributed by atoms with Crippen molar-refractivity contribution in [3.63, 3.8) is 0 Å². The fourth-order valence-electron chi connectivity index (χ4n) is 4.05. The van der Waals surface area contributed by atoms with Crippen LogP contribution in [0.15, 0.2) is 53.5 Å². The van der Waals surface area contributed by atoms with Gasteiger partial charge in [-0.1, -0.05) is 13.3 Å². The Morgan fingerprint density at radius 1 is 1.12 bits per heavy atom. The first kappa shape index (κ1) is 33.7. The molecule has 232 valence electrons. The third kappa shape index (κ3) is 11.1. The zero-order chi connectivity index (χ0) is 31.0. The molecule has 0 unspecified atom stereocenters. The number of imidazole rings is 1. The molecule has 43 heavy (non-hydrogen) atoms. The highest BCUT2D eigenvalue weighted by molar-refractivity contribution is 7.80. The number of nitrogens with zero attached hydrogens (tertiary/aromatic N) is 3. The van der Waals surface area contributed by atoms with Gasteiger partial charge in [-0.3, -0.25) is 4.79 Å². The number of nitrogens with one attached hydrogen (secondary N) is 2. The van der Waals surface area contributed by atoms with Crippen LogP contribution < -0.4 is 15.6 Å². The smallest absolute Gasteiger partial charge is 0.335 e. The van der Waals surface area contributed by atoms with Gasteiger partial charge >= 0.3 is 5.97 Å². The van der Waals surface area contributed by atoms with Crippen molar-refractivity contribution < 1.29 is 28.2 Å². The van der Waals surface area contributed by atoms with Crippen molar-refractivity contribution in [1.29, 1.82) is 0 Å². The van der Waals surface area contributed by atoms with Crippen LogP contribution >= 0.6 is 12.6 Å². The van der Waals surface area contributed by atoms with Crippen LogP contribution in [0.25, 0.3) is 11.0 Å². The van der Waals surface area contributed by atoms with Crippen molar-refractivity contribution in [1.82, 2.24) is 24.8 Å². The van der Waals surface area contributed by atoms with E-state index in [-0.39, 0.29) is 29.3 Å². The molecule has 0 aliphatic carbocycles. The number of aromatic nitrogens is 4. The molecule has 0 saturated heterocycles. The maximum atomic E-state index is 13.2. The normalized spacial score (nSPS) is 10.9. The van der Waals surface area contributed by atoms with Gasteiger partial charge in [0.2, 0.25) is 0 Å². The van der Waals surface area contributed by atoms with E-state index in [1.54, 1.807) is 18.2 Å². The molecule has 10 nitrogen and oxygen atoms in total. The highest BCUT2D eigenvalue weighted by Gasteiger charge is 2.13. The quantitative estimate of drug-likeness (QED) is 0.102. The van der Waals surface area contributed by atoms with Crippen LogP contribution in [0, 0.1) is 11.6 Å². The largest absolute Gasteiger partial charge is 0.483 e. The fraction of sp³-hybridized carbons (Fsp3) is 0.400. The Morgan fingerprint density at radius 2 is 1.95 bits per heavy atom. The Labute approximate surface area is 253 Å². The summed E-state index contributed by atoms with van der Waals surface area (Å²) >= 11 is 4.23. The molecule has 0 atom stereocenters. The van der Waals surface area contributed by atoms with Gasteiger partial charge in [-0.15, -0.1) is 0 Å². The number of carboxylic acid groups (broad SMARTS) is 1. The number of hydrogen-bond donors (Lipinski definition) is 4. The number of carbonyl (C=O) groups is 1. The minimum Gasteiger partial charge on any atom is -0.483 e. The Hall–Kier alpha value is -3.81. The lowest BCUT2D eigenvalue weighted by molar-refractivity contribution is 0.0697. The second-order valence-corrected chi connectivity index (χ2v) is 9.95.